The largest absolute Gasteiger partial charge is 0.487 e. The quantitative estimate of drug-likeness (QED) is 0.831. The van der Waals surface area contributed by atoms with Crippen molar-refractivity contribution in [1.29, 1.82) is 0 Å². The Balaban J connectivity index is 2.08. The van der Waals surface area contributed by atoms with Crippen molar-refractivity contribution in [2.75, 3.05) is 24.5 Å². The van der Waals surface area contributed by atoms with E-state index in [0.29, 0.717) is 5.92 Å². The van der Waals surface area contributed by atoms with Gasteiger partial charge in [0.05, 0.1) is 6.10 Å². The molecule has 1 fully saturated rings. The molecule has 2 heterocycles. The molecule has 0 amide bonds. The van der Waals surface area contributed by atoms with Gasteiger partial charge in [-0.1, -0.05) is 0 Å². The molecule has 1 saturated heterocycles. The van der Waals surface area contributed by atoms with E-state index in [0.717, 1.165) is 31.2 Å². The second-order valence-electron chi connectivity index (χ2n) is 4.50. The molecule has 2 rings (SSSR count). The third-order valence-corrected chi connectivity index (χ3v) is 2.70. The van der Waals surface area contributed by atoms with Crippen LogP contribution in [0.5, 0.6) is 5.75 Å². The Kier molecular flexibility index (Phi) is 3.29. The molecule has 0 atom stereocenters. The summed E-state index contributed by atoms with van der Waals surface area (Å²) in [6.07, 6.45) is 1.98. The number of hydrogen-bond acceptors (Lipinski definition) is 4. The van der Waals surface area contributed by atoms with Gasteiger partial charge in [0, 0.05) is 25.2 Å². The van der Waals surface area contributed by atoms with Gasteiger partial charge in [0.2, 0.25) is 0 Å². The predicted octanol–water partition coefficient (Wildman–Crippen LogP) is 1.26. The Labute approximate surface area is 96.4 Å². The van der Waals surface area contributed by atoms with Crippen molar-refractivity contribution in [3.8, 4) is 5.75 Å². The van der Waals surface area contributed by atoms with E-state index in [1.165, 1.54) is 0 Å². The maximum absolute atomic E-state index is 5.74. The summed E-state index contributed by atoms with van der Waals surface area (Å²) < 4.78 is 5.74. The Morgan fingerprint density at radius 1 is 1.56 bits per heavy atom. The summed E-state index contributed by atoms with van der Waals surface area (Å²) in [4.78, 5) is 6.60. The molecule has 0 aliphatic carbocycles. The van der Waals surface area contributed by atoms with Gasteiger partial charge in [-0.15, -0.1) is 0 Å². The summed E-state index contributed by atoms with van der Waals surface area (Å²) in [5.41, 5.74) is 5.61. The minimum Gasteiger partial charge on any atom is -0.487 e. The van der Waals surface area contributed by atoms with Gasteiger partial charge >= 0.3 is 0 Å². The fraction of sp³-hybridized carbons (Fsp3) is 0.583. The molecular weight excluding hydrogens is 202 g/mol. The molecule has 1 aromatic heterocycles. The van der Waals surface area contributed by atoms with E-state index < -0.39 is 0 Å². The molecule has 1 aliphatic heterocycles. The maximum Gasteiger partial charge on any atom is 0.171 e. The average molecular weight is 221 g/mol. The highest BCUT2D eigenvalue weighted by atomic mass is 16.5. The van der Waals surface area contributed by atoms with Crippen molar-refractivity contribution in [1.82, 2.24) is 4.98 Å². The molecule has 88 valence electrons. The molecule has 1 aliphatic rings. The van der Waals surface area contributed by atoms with E-state index in [9.17, 15) is 0 Å². The van der Waals surface area contributed by atoms with Gasteiger partial charge < -0.3 is 15.4 Å². The highest BCUT2D eigenvalue weighted by molar-refractivity contribution is 5.54. The van der Waals surface area contributed by atoms with E-state index >= 15 is 0 Å². The van der Waals surface area contributed by atoms with Gasteiger partial charge in [-0.3, -0.25) is 0 Å². The fourth-order valence-electron chi connectivity index (χ4n) is 1.86. The number of hydrogen-bond donors (Lipinski definition) is 1. The zero-order chi connectivity index (χ0) is 11.5. The average Bonchev–Trinajstić information content (AvgIpc) is 2.18. The first-order valence-corrected chi connectivity index (χ1v) is 5.77. The molecule has 0 unspecified atom stereocenters. The van der Waals surface area contributed by atoms with E-state index in [-0.39, 0.29) is 6.10 Å². The van der Waals surface area contributed by atoms with Crippen molar-refractivity contribution in [2.45, 2.75) is 20.0 Å². The third-order valence-electron chi connectivity index (χ3n) is 2.70. The number of rotatable bonds is 4. The Hall–Kier alpha value is -1.29. The fourth-order valence-corrected chi connectivity index (χ4v) is 1.86. The van der Waals surface area contributed by atoms with E-state index in [1.54, 1.807) is 6.20 Å². The topological polar surface area (TPSA) is 51.4 Å². The molecule has 0 saturated carbocycles. The summed E-state index contributed by atoms with van der Waals surface area (Å²) in [5.74, 6) is 2.42. The number of nitrogens with zero attached hydrogens (tertiary/aromatic N) is 2. The minimum atomic E-state index is 0.175. The van der Waals surface area contributed by atoms with Gasteiger partial charge in [0.1, 0.15) is 0 Å². The lowest BCUT2D eigenvalue weighted by Crippen LogP contribution is -2.50. The lowest BCUT2D eigenvalue weighted by atomic mass is 10.0. The normalized spacial score (nSPS) is 16.4. The van der Waals surface area contributed by atoms with E-state index in [2.05, 4.69) is 9.88 Å². The zero-order valence-electron chi connectivity index (χ0n) is 9.89. The van der Waals surface area contributed by atoms with Crippen molar-refractivity contribution in [2.24, 2.45) is 11.7 Å². The first-order valence-electron chi connectivity index (χ1n) is 5.77. The summed E-state index contributed by atoms with van der Waals surface area (Å²) in [6, 6.07) is 3.87. The van der Waals surface area contributed by atoms with Crippen LogP contribution in [0.4, 0.5) is 5.82 Å². The predicted molar refractivity (Wildman–Crippen MR) is 64.8 cm³/mol. The first kappa shape index (κ1) is 11.2. The van der Waals surface area contributed by atoms with Crippen LogP contribution in [0.15, 0.2) is 18.3 Å². The van der Waals surface area contributed by atoms with Crippen LogP contribution in [0, 0.1) is 5.92 Å². The van der Waals surface area contributed by atoms with Crippen LogP contribution in [0.3, 0.4) is 0 Å². The standard InChI is InChI=1S/C12H19N3O/c1-9(2)16-11-4-3-5-14-12(11)15-7-10(6-13)8-15/h3-5,9-10H,6-8,13H2,1-2H3. The smallest absolute Gasteiger partial charge is 0.171 e. The van der Waals surface area contributed by atoms with Gasteiger partial charge in [-0.2, -0.15) is 0 Å². The van der Waals surface area contributed by atoms with Crippen LogP contribution in [-0.4, -0.2) is 30.7 Å². The van der Waals surface area contributed by atoms with Crippen molar-refractivity contribution in [3.63, 3.8) is 0 Å². The van der Waals surface area contributed by atoms with Gasteiger partial charge in [-0.05, 0) is 32.5 Å². The van der Waals surface area contributed by atoms with Crippen LogP contribution in [-0.2, 0) is 0 Å². The lowest BCUT2D eigenvalue weighted by Gasteiger charge is -2.40. The second kappa shape index (κ2) is 4.70. The molecule has 0 radical (unpaired) electrons. The summed E-state index contributed by atoms with van der Waals surface area (Å²) in [5, 5.41) is 0. The number of nitrogens with two attached hydrogens (primary N) is 1. The van der Waals surface area contributed by atoms with Crippen LogP contribution in [0.25, 0.3) is 0 Å². The Morgan fingerprint density at radius 3 is 2.94 bits per heavy atom. The number of ether oxygens (including phenoxy) is 1. The summed E-state index contributed by atoms with van der Waals surface area (Å²) >= 11 is 0. The van der Waals surface area contributed by atoms with E-state index in [4.69, 9.17) is 10.5 Å². The monoisotopic (exact) mass is 221 g/mol. The molecule has 4 heteroatoms. The second-order valence-corrected chi connectivity index (χ2v) is 4.50. The highest BCUT2D eigenvalue weighted by Crippen LogP contribution is 2.31. The van der Waals surface area contributed by atoms with Crippen molar-refractivity contribution >= 4 is 5.82 Å². The molecule has 0 spiro atoms. The van der Waals surface area contributed by atoms with Gasteiger partial charge in [0.25, 0.3) is 0 Å². The maximum atomic E-state index is 5.74. The zero-order valence-corrected chi connectivity index (χ0v) is 9.89. The molecule has 0 bridgehead atoms. The third kappa shape index (κ3) is 2.27. The molecule has 1 aromatic rings. The summed E-state index contributed by atoms with van der Waals surface area (Å²) in [7, 11) is 0. The molecule has 2 N–H and O–H groups in total. The van der Waals surface area contributed by atoms with Crippen LogP contribution >= 0.6 is 0 Å². The molecule has 0 aromatic carbocycles. The molecular formula is C12H19N3O. The molecule has 16 heavy (non-hydrogen) atoms. The van der Waals surface area contributed by atoms with E-state index in [1.807, 2.05) is 26.0 Å². The lowest BCUT2D eigenvalue weighted by molar-refractivity contribution is 0.240. The molecule has 4 nitrogen and oxygen atoms in total. The Bertz CT molecular complexity index is 348. The summed E-state index contributed by atoms with van der Waals surface area (Å²) in [6.45, 7) is 6.78. The SMILES string of the molecule is CC(C)Oc1cccnc1N1CC(CN)C1. The number of anilines is 1. The van der Waals surface area contributed by atoms with Gasteiger partial charge in [-0.25, -0.2) is 4.98 Å². The van der Waals surface area contributed by atoms with Gasteiger partial charge in [0.15, 0.2) is 11.6 Å². The van der Waals surface area contributed by atoms with Crippen molar-refractivity contribution in [3.05, 3.63) is 18.3 Å². The van der Waals surface area contributed by atoms with Crippen LogP contribution in [0.2, 0.25) is 0 Å². The number of aromatic nitrogens is 1. The van der Waals surface area contributed by atoms with Crippen LogP contribution in [0.1, 0.15) is 13.8 Å². The highest BCUT2D eigenvalue weighted by Gasteiger charge is 2.28. The number of pyridine rings is 1. The first-order chi connectivity index (χ1) is 7.70. The minimum absolute atomic E-state index is 0.175. The Morgan fingerprint density at radius 2 is 2.31 bits per heavy atom. The van der Waals surface area contributed by atoms with Crippen LogP contribution < -0.4 is 15.4 Å². The van der Waals surface area contributed by atoms with Crippen molar-refractivity contribution < 1.29 is 4.74 Å².